The third kappa shape index (κ3) is 3.76. The van der Waals surface area contributed by atoms with Crippen molar-refractivity contribution >= 4 is 29.0 Å². The van der Waals surface area contributed by atoms with Gasteiger partial charge in [-0.15, -0.1) is 0 Å². The SMILES string of the molecule is Cc1c(NC(=O)c2c(NC(=O)C(C)n3nc([N+](=O)[O-])cc3C)cnn2C)cnn1C. The third-order valence-electron chi connectivity index (χ3n) is 4.74. The zero-order valence-electron chi connectivity index (χ0n) is 17.1. The highest BCUT2D eigenvalue weighted by molar-refractivity contribution is 6.09. The molecule has 0 saturated carbocycles. The summed E-state index contributed by atoms with van der Waals surface area (Å²) in [4.78, 5) is 35.8. The van der Waals surface area contributed by atoms with E-state index in [-0.39, 0.29) is 17.2 Å². The first kappa shape index (κ1) is 20.7. The van der Waals surface area contributed by atoms with Gasteiger partial charge in [0.15, 0.2) is 0 Å². The van der Waals surface area contributed by atoms with Crippen molar-refractivity contribution in [3.8, 4) is 0 Å². The van der Waals surface area contributed by atoms with Gasteiger partial charge in [-0.25, -0.2) is 0 Å². The molecule has 3 aromatic heterocycles. The molecule has 0 aliphatic rings. The number of anilines is 2. The van der Waals surface area contributed by atoms with Gasteiger partial charge in [-0.05, 0) is 25.7 Å². The summed E-state index contributed by atoms with van der Waals surface area (Å²) in [5.41, 5.74) is 2.10. The maximum atomic E-state index is 12.8. The molecule has 2 amide bonds. The van der Waals surface area contributed by atoms with E-state index in [9.17, 15) is 19.7 Å². The number of aryl methyl sites for hydroxylation is 3. The van der Waals surface area contributed by atoms with Gasteiger partial charge in [0.1, 0.15) is 11.7 Å². The van der Waals surface area contributed by atoms with Crippen LogP contribution in [0.25, 0.3) is 0 Å². The van der Waals surface area contributed by atoms with Gasteiger partial charge in [-0.1, -0.05) is 0 Å². The molecular formula is C17H21N9O4. The predicted molar refractivity (Wildman–Crippen MR) is 106 cm³/mol. The second-order valence-corrected chi connectivity index (χ2v) is 6.76. The summed E-state index contributed by atoms with van der Waals surface area (Å²) < 4.78 is 4.21. The van der Waals surface area contributed by atoms with E-state index in [1.807, 2.05) is 6.92 Å². The lowest BCUT2D eigenvalue weighted by atomic mass is 10.2. The number of hydrogen-bond donors (Lipinski definition) is 2. The number of amides is 2. The molecule has 1 unspecified atom stereocenters. The maximum absolute atomic E-state index is 12.8. The summed E-state index contributed by atoms with van der Waals surface area (Å²) in [5.74, 6) is -1.32. The second kappa shape index (κ2) is 7.77. The number of aromatic nitrogens is 6. The fourth-order valence-corrected chi connectivity index (χ4v) is 2.90. The van der Waals surface area contributed by atoms with Crippen molar-refractivity contribution in [1.29, 1.82) is 0 Å². The molecule has 0 bridgehead atoms. The summed E-state index contributed by atoms with van der Waals surface area (Å²) in [6.45, 7) is 4.97. The number of nitrogens with zero attached hydrogens (tertiary/aromatic N) is 7. The summed E-state index contributed by atoms with van der Waals surface area (Å²) in [6, 6.07) is 0.429. The maximum Gasteiger partial charge on any atom is 0.390 e. The van der Waals surface area contributed by atoms with Crippen LogP contribution < -0.4 is 10.6 Å². The first-order chi connectivity index (χ1) is 14.1. The first-order valence-corrected chi connectivity index (χ1v) is 8.93. The fourth-order valence-electron chi connectivity index (χ4n) is 2.90. The highest BCUT2D eigenvalue weighted by atomic mass is 16.6. The van der Waals surface area contributed by atoms with E-state index >= 15 is 0 Å². The molecule has 158 valence electrons. The Balaban J connectivity index is 1.80. The smallest absolute Gasteiger partial charge is 0.358 e. The van der Waals surface area contributed by atoms with E-state index in [2.05, 4.69) is 25.9 Å². The van der Waals surface area contributed by atoms with Crippen molar-refractivity contribution in [2.75, 3.05) is 10.6 Å². The Morgan fingerprint density at radius 1 is 1.10 bits per heavy atom. The minimum atomic E-state index is -0.851. The molecular weight excluding hydrogens is 394 g/mol. The van der Waals surface area contributed by atoms with Crippen LogP contribution in [-0.4, -0.2) is 46.1 Å². The van der Waals surface area contributed by atoms with Crippen molar-refractivity contribution in [3.63, 3.8) is 0 Å². The van der Waals surface area contributed by atoms with Crippen LogP contribution in [0.5, 0.6) is 0 Å². The molecule has 3 rings (SSSR count). The molecule has 0 radical (unpaired) electrons. The van der Waals surface area contributed by atoms with Gasteiger partial charge in [0.25, 0.3) is 11.8 Å². The standard InChI is InChI=1S/C17H21N9O4/c1-9-6-14(26(29)30)22-25(9)11(3)16(27)21-13-8-19-24(5)15(13)17(28)20-12-7-18-23(4)10(12)2/h6-8,11H,1-5H3,(H,20,28)(H,21,27). The van der Waals surface area contributed by atoms with Crippen molar-refractivity contribution in [1.82, 2.24) is 29.3 Å². The Labute approximate surface area is 170 Å². The molecule has 0 saturated heterocycles. The topological polar surface area (TPSA) is 155 Å². The van der Waals surface area contributed by atoms with Crippen LogP contribution in [0, 0.1) is 24.0 Å². The van der Waals surface area contributed by atoms with E-state index in [1.165, 1.54) is 27.8 Å². The highest BCUT2D eigenvalue weighted by Crippen LogP contribution is 2.21. The minimum absolute atomic E-state index is 0.141. The van der Waals surface area contributed by atoms with Gasteiger partial charge in [0, 0.05) is 14.1 Å². The van der Waals surface area contributed by atoms with E-state index in [4.69, 9.17) is 0 Å². The number of carbonyl (C=O) groups excluding carboxylic acids is 2. The van der Waals surface area contributed by atoms with Crippen molar-refractivity contribution in [2.45, 2.75) is 26.8 Å². The molecule has 1 atom stereocenters. The van der Waals surface area contributed by atoms with Crippen LogP contribution >= 0.6 is 0 Å². The van der Waals surface area contributed by atoms with Crippen LogP contribution in [0.3, 0.4) is 0 Å². The van der Waals surface area contributed by atoms with Crippen molar-refractivity contribution < 1.29 is 14.5 Å². The molecule has 3 heterocycles. The van der Waals surface area contributed by atoms with Crippen LogP contribution in [0.4, 0.5) is 17.2 Å². The Bertz CT molecular complexity index is 1140. The Morgan fingerprint density at radius 3 is 2.30 bits per heavy atom. The van der Waals surface area contributed by atoms with Gasteiger partial charge in [-0.3, -0.25) is 19.0 Å². The van der Waals surface area contributed by atoms with Crippen molar-refractivity contribution in [3.05, 3.63) is 45.7 Å². The summed E-state index contributed by atoms with van der Waals surface area (Å²) in [6.07, 6.45) is 2.88. The van der Waals surface area contributed by atoms with Crippen molar-refractivity contribution in [2.24, 2.45) is 14.1 Å². The lowest BCUT2D eigenvalue weighted by molar-refractivity contribution is -0.389. The minimum Gasteiger partial charge on any atom is -0.358 e. The van der Waals surface area contributed by atoms with Crippen LogP contribution in [-0.2, 0) is 18.9 Å². The first-order valence-electron chi connectivity index (χ1n) is 8.93. The second-order valence-electron chi connectivity index (χ2n) is 6.76. The van der Waals surface area contributed by atoms with Gasteiger partial charge >= 0.3 is 5.82 Å². The number of rotatable bonds is 6. The molecule has 13 heteroatoms. The number of carbonyl (C=O) groups is 2. The molecule has 3 aromatic rings. The molecule has 0 spiro atoms. The van der Waals surface area contributed by atoms with Crippen LogP contribution in [0.1, 0.15) is 34.8 Å². The monoisotopic (exact) mass is 415 g/mol. The summed E-state index contributed by atoms with van der Waals surface area (Å²) in [5, 5.41) is 28.3. The molecule has 0 aromatic carbocycles. The van der Waals surface area contributed by atoms with E-state index in [0.717, 1.165) is 5.69 Å². The Morgan fingerprint density at radius 2 is 1.73 bits per heavy atom. The average molecular weight is 415 g/mol. The number of nitrogens with one attached hydrogen (secondary N) is 2. The average Bonchev–Trinajstić information content (AvgIpc) is 3.34. The Kier molecular flexibility index (Phi) is 5.36. The van der Waals surface area contributed by atoms with E-state index in [1.54, 1.807) is 32.6 Å². The van der Waals surface area contributed by atoms with Gasteiger partial charge in [0.05, 0.1) is 46.3 Å². The zero-order chi connectivity index (χ0) is 22.2. The Hall–Kier alpha value is -4.03. The lowest BCUT2D eigenvalue weighted by Crippen LogP contribution is -2.27. The lowest BCUT2D eigenvalue weighted by Gasteiger charge is -2.12. The molecule has 13 nitrogen and oxygen atoms in total. The van der Waals surface area contributed by atoms with E-state index < -0.39 is 22.8 Å². The number of nitro groups is 1. The molecule has 30 heavy (non-hydrogen) atoms. The van der Waals surface area contributed by atoms with Crippen LogP contribution in [0.2, 0.25) is 0 Å². The van der Waals surface area contributed by atoms with Gasteiger partial charge in [0.2, 0.25) is 0 Å². The summed E-state index contributed by atoms with van der Waals surface area (Å²) in [7, 11) is 3.33. The number of hydrogen-bond acceptors (Lipinski definition) is 7. The molecule has 0 aliphatic heterocycles. The van der Waals surface area contributed by atoms with E-state index in [0.29, 0.717) is 11.4 Å². The van der Waals surface area contributed by atoms with Gasteiger partial charge in [-0.2, -0.15) is 14.9 Å². The molecule has 0 aliphatic carbocycles. The molecule has 0 fully saturated rings. The summed E-state index contributed by atoms with van der Waals surface area (Å²) >= 11 is 0. The molecule has 2 N–H and O–H groups in total. The van der Waals surface area contributed by atoms with Crippen LogP contribution in [0.15, 0.2) is 18.5 Å². The third-order valence-corrected chi connectivity index (χ3v) is 4.74. The highest BCUT2D eigenvalue weighted by Gasteiger charge is 2.27. The van der Waals surface area contributed by atoms with Gasteiger partial charge < -0.3 is 20.7 Å². The quantitative estimate of drug-likeness (QED) is 0.454. The zero-order valence-corrected chi connectivity index (χ0v) is 17.1. The normalized spacial score (nSPS) is 11.9. The fraction of sp³-hybridized carbons (Fsp3) is 0.353. The largest absolute Gasteiger partial charge is 0.390 e. The predicted octanol–water partition coefficient (Wildman–Crippen LogP) is 1.33.